The summed E-state index contributed by atoms with van der Waals surface area (Å²) in [7, 11) is 0. The van der Waals surface area contributed by atoms with Crippen molar-refractivity contribution < 1.29 is 19.1 Å². The summed E-state index contributed by atoms with van der Waals surface area (Å²) in [5.74, 6) is 4.12. The van der Waals surface area contributed by atoms with Gasteiger partial charge in [-0.2, -0.15) is 0 Å². The van der Waals surface area contributed by atoms with E-state index in [4.69, 9.17) is 0 Å². The normalized spacial score (nSPS) is 12.9. The molecule has 0 aliphatic carbocycles. The van der Waals surface area contributed by atoms with E-state index < -0.39 is 0 Å². The second-order valence-electron chi connectivity index (χ2n) is 14.3. The number of benzene rings is 2. The summed E-state index contributed by atoms with van der Waals surface area (Å²) in [4.78, 5) is 0. The molecule has 49 heavy (non-hydrogen) atoms. The molecule has 0 spiro atoms. The molecule has 2 aromatic rings. The van der Waals surface area contributed by atoms with Crippen molar-refractivity contribution in [3.8, 4) is 0 Å². The van der Waals surface area contributed by atoms with Crippen LogP contribution in [0.2, 0.25) is 11.8 Å². The molecule has 0 aromatic heterocycles. The van der Waals surface area contributed by atoms with Crippen LogP contribution < -0.4 is 0 Å². The fourth-order valence-electron chi connectivity index (χ4n) is 7.21. The molecule has 3 heteroatoms. The molecule has 0 N–H and O–H groups in total. The zero-order valence-electron chi connectivity index (χ0n) is 33.4. The van der Waals surface area contributed by atoms with Gasteiger partial charge in [-0.05, 0) is 148 Å². The first-order valence-corrected chi connectivity index (χ1v) is 22.3. The third-order valence-electron chi connectivity index (χ3n) is 10.1. The molecular weight excluding hydrogens is 639 g/mol. The minimum atomic E-state index is 0.971. The van der Waals surface area contributed by atoms with Crippen molar-refractivity contribution in [1.82, 2.24) is 0 Å². The number of unbranched alkanes of at least 4 members (excludes halogenated alkanes) is 7. The third-order valence-corrected chi connectivity index (χ3v) is 10.1. The quantitative estimate of drug-likeness (QED) is 0.0809. The zero-order chi connectivity index (χ0) is 36.0. The summed E-state index contributed by atoms with van der Waals surface area (Å²) < 4.78 is 1.59. The molecule has 0 bridgehead atoms. The molecule has 2 nitrogen and oxygen atoms in total. The van der Waals surface area contributed by atoms with Crippen LogP contribution in [0.4, 0.5) is 0 Å². The first kappa shape index (κ1) is 43.2. The SMILES string of the molecule is CCCCC1=C(c2cc(CCCC)c(CCCC)c(CCCC)c2)[N+](=[N-])C(c2cc(CCCC)c(CCCC)c(CCCC)c2)=C1.[CH3][Ni][CH3]. The van der Waals surface area contributed by atoms with Gasteiger partial charge in [-0.3, -0.25) is 0 Å². The summed E-state index contributed by atoms with van der Waals surface area (Å²) in [6.07, 6.45) is 27.1. The molecular formula is C46H74N2Ni. The Morgan fingerprint density at radius 1 is 0.469 bits per heavy atom. The topological polar surface area (TPSA) is 25.3 Å². The summed E-state index contributed by atoms with van der Waals surface area (Å²) in [6.45, 7) is 16.1. The third kappa shape index (κ3) is 13.3. The van der Waals surface area contributed by atoms with Crippen LogP contribution in [0.5, 0.6) is 0 Å². The van der Waals surface area contributed by atoms with Gasteiger partial charge in [0.1, 0.15) is 0 Å². The van der Waals surface area contributed by atoms with E-state index in [1.807, 2.05) is 0 Å². The second kappa shape index (κ2) is 25.0. The van der Waals surface area contributed by atoms with Crippen LogP contribution in [0, 0.1) is 0 Å². The molecule has 0 radical (unpaired) electrons. The molecule has 1 aliphatic rings. The van der Waals surface area contributed by atoms with Crippen LogP contribution in [-0.4, -0.2) is 4.70 Å². The Morgan fingerprint density at radius 3 is 1.12 bits per heavy atom. The average molecular weight is 714 g/mol. The molecule has 0 fully saturated rings. The van der Waals surface area contributed by atoms with E-state index in [2.05, 4.69) is 90.6 Å². The second-order valence-corrected chi connectivity index (χ2v) is 15.3. The summed E-state index contributed by atoms with van der Waals surface area (Å²) in [5.41, 5.74) is 27.2. The summed E-state index contributed by atoms with van der Waals surface area (Å²) in [5, 5.41) is 0. The first-order chi connectivity index (χ1) is 23.9. The van der Waals surface area contributed by atoms with Gasteiger partial charge in [-0.25, -0.2) is 4.70 Å². The van der Waals surface area contributed by atoms with Gasteiger partial charge >= 0.3 is 26.2 Å². The number of hydrogen-bond acceptors (Lipinski definition) is 0. The van der Waals surface area contributed by atoms with Crippen molar-refractivity contribution in [3.05, 3.63) is 86.0 Å². The van der Waals surface area contributed by atoms with Crippen LogP contribution in [0.1, 0.15) is 189 Å². The minimum absolute atomic E-state index is 0.971. The van der Waals surface area contributed by atoms with Crippen LogP contribution in [0.3, 0.4) is 0 Å². The molecule has 278 valence electrons. The Kier molecular flexibility index (Phi) is 22.1. The van der Waals surface area contributed by atoms with E-state index in [1.54, 1.807) is 30.3 Å². The first-order valence-electron chi connectivity index (χ1n) is 20.3. The van der Waals surface area contributed by atoms with E-state index in [-0.39, 0.29) is 0 Å². The predicted octanol–water partition coefficient (Wildman–Crippen LogP) is 14.9. The van der Waals surface area contributed by atoms with Crippen LogP contribution in [-0.2, 0) is 53.0 Å². The van der Waals surface area contributed by atoms with E-state index in [1.165, 1.54) is 129 Å². The number of rotatable bonds is 23. The number of hydrogen-bond donors (Lipinski definition) is 0. The molecule has 0 atom stereocenters. The van der Waals surface area contributed by atoms with Gasteiger partial charge in [-0.15, -0.1) is 0 Å². The van der Waals surface area contributed by atoms with E-state index in [0.717, 1.165) is 56.3 Å². The monoisotopic (exact) mass is 713 g/mol. The van der Waals surface area contributed by atoms with Crippen molar-refractivity contribution in [1.29, 1.82) is 0 Å². The van der Waals surface area contributed by atoms with Crippen molar-refractivity contribution in [2.24, 2.45) is 0 Å². The van der Waals surface area contributed by atoms with Gasteiger partial charge in [0.2, 0.25) is 11.4 Å². The number of allylic oxidation sites excluding steroid dienone is 2. The molecule has 0 amide bonds. The Balaban J connectivity index is 0.00000267. The van der Waals surface area contributed by atoms with Crippen molar-refractivity contribution in [2.75, 3.05) is 0 Å². The number of aryl methyl sites for hydroxylation is 4. The molecule has 0 saturated heterocycles. The van der Waals surface area contributed by atoms with Gasteiger partial charge in [0.15, 0.2) is 0 Å². The van der Waals surface area contributed by atoms with Gasteiger partial charge < -0.3 is 5.53 Å². The molecule has 1 aliphatic heterocycles. The van der Waals surface area contributed by atoms with E-state index in [0.29, 0.717) is 0 Å². The fraction of sp³-hybridized carbons (Fsp3) is 0.652. The van der Waals surface area contributed by atoms with Gasteiger partial charge in [0, 0.05) is 22.8 Å². The zero-order valence-corrected chi connectivity index (χ0v) is 34.4. The van der Waals surface area contributed by atoms with Crippen molar-refractivity contribution >= 4 is 11.4 Å². The fourth-order valence-corrected chi connectivity index (χ4v) is 7.21. The summed E-state index contributed by atoms with van der Waals surface area (Å²) >= 11 is 1.62. The van der Waals surface area contributed by atoms with E-state index in [9.17, 15) is 5.53 Å². The Labute approximate surface area is 310 Å². The molecule has 2 aromatic carbocycles. The van der Waals surface area contributed by atoms with Gasteiger partial charge in [0.25, 0.3) is 0 Å². The Morgan fingerprint density at radius 2 is 0.776 bits per heavy atom. The van der Waals surface area contributed by atoms with Gasteiger partial charge in [0.05, 0.1) is 0 Å². The maximum absolute atomic E-state index is 12.2. The molecule has 0 unspecified atom stereocenters. The van der Waals surface area contributed by atoms with E-state index >= 15 is 0 Å². The van der Waals surface area contributed by atoms with Crippen LogP contribution in [0.15, 0.2) is 35.9 Å². The molecule has 3 rings (SSSR count). The van der Waals surface area contributed by atoms with Crippen LogP contribution in [0.25, 0.3) is 16.9 Å². The van der Waals surface area contributed by atoms with Crippen molar-refractivity contribution in [2.45, 2.75) is 195 Å². The molecule has 0 saturated carbocycles. The van der Waals surface area contributed by atoms with Crippen LogP contribution >= 0.6 is 0 Å². The Bertz CT molecular complexity index is 1270. The Hall–Kier alpha value is -1.99. The van der Waals surface area contributed by atoms with Crippen molar-refractivity contribution in [3.63, 3.8) is 0 Å². The standard InChI is InChI=1S/C44H68N2.2CH3.Ni/c1-8-15-22-34-29-39(30-35(23-16-9-2)41(34)27-20-13-6)43-33-38(26-19-12-5)44(46(43)45)40-31-36(24-17-10-3)42(28-21-14-7)37(32-40)25-18-11-4;;;/h29-33H,8-28H2,1-7H3;2*1H3;. The average Bonchev–Trinajstić information content (AvgIpc) is 3.44. The van der Waals surface area contributed by atoms with Gasteiger partial charge in [-0.1, -0.05) is 93.4 Å². The molecule has 1 heterocycles. The number of nitrogens with zero attached hydrogens (tertiary/aromatic N) is 2. The summed E-state index contributed by atoms with van der Waals surface area (Å²) in [6, 6.07) is 9.81. The maximum atomic E-state index is 12.2. The predicted molar refractivity (Wildman–Crippen MR) is 214 cm³/mol.